The largest absolute Gasteiger partial charge is 0.262 e. The molecule has 2 atom stereocenters. The van der Waals surface area contributed by atoms with Crippen LogP contribution in [0.3, 0.4) is 0 Å². The SMILES string of the molecule is CC1CCCC(C)N1NS(=O)(=O)c1ccc(C#N)s1. The highest BCUT2D eigenvalue weighted by Gasteiger charge is 2.29. The molecule has 2 rings (SSSR count). The first-order valence-electron chi connectivity index (χ1n) is 6.25. The number of hydrazine groups is 1. The summed E-state index contributed by atoms with van der Waals surface area (Å²) in [7, 11) is -3.57. The second kappa shape index (κ2) is 5.59. The van der Waals surface area contributed by atoms with Crippen LogP contribution in [-0.2, 0) is 10.0 Å². The average molecular weight is 299 g/mol. The second-order valence-electron chi connectivity index (χ2n) is 4.86. The predicted octanol–water partition coefficient (Wildman–Crippen LogP) is 2.08. The highest BCUT2D eigenvalue weighted by atomic mass is 32.2. The molecule has 0 bridgehead atoms. The third-order valence-electron chi connectivity index (χ3n) is 3.38. The Bertz CT molecular complexity index is 578. The summed E-state index contributed by atoms with van der Waals surface area (Å²) in [4.78, 5) is 3.06. The summed E-state index contributed by atoms with van der Waals surface area (Å²) in [6.45, 7) is 4.04. The molecule has 2 heterocycles. The van der Waals surface area contributed by atoms with E-state index in [-0.39, 0.29) is 16.3 Å². The normalized spacial score (nSPS) is 25.1. The molecule has 1 aliphatic heterocycles. The van der Waals surface area contributed by atoms with E-state index < -0.39 is 10.0 Å². The van der Waals surface area contributed by atoms with Gasteiger partial charge in [0.25, 0.3) is 10.0 Å². The molecule has 0 radical (unpaired) electrons. The van der Waals surface area contributed by atoms with Crippen molar-refractivity contribution < 1.29 is 8.42 Å². The lowest BCUT2D eigenvalue weighted by Gasteiger charge is -2.38. The van der Waals surface area contributed by atoms with Crippen molar-refractivity contribution in [3.8, 4) is 6.07 Å². The minimum atomic E-state index is -3.57. The van der Waals surface area contributed by atoms with Crippen LogP contribution in [0.5, 0.6) is 0 Å². The molecule has 104 valence electrons. The van der Waals surface area contributed by atoms with Crippen LogP contribution in [0.4, 0.5) is 0 Å². The molecule has 0 aromatic carbocycles. The molecule has 1 aromatic rings. The maximum absolute atomic E-state index is 12.3. The van der Waals surface area contributed by atoms with E-state index in [0.717, 1.165) is 30.6 Å². The first-order chi connectivity index (χ1) is 8.94. The van der Waals surface area contributed by atoms with E-state index in [2.05, 4.69) is 4.83 Å². The topological polar surface area (TPSA) is 73.2 Å². The number of piperidine rings is 1. The molecule has 0 saturated carbocycles. The molecule has 19 heavy (non-hydrogen) atoms. The molecule has 7 heteroatoms. The van der Waals surface area contributed by atoms with Crippen LogP contribution < -0.4 is 4.83 Å². The lowest BCUT2D eigenvalue weighted by Crippen LogP contribution is -2.53. The second-order valence-corrected chi connectivity index (χ2v) is 7.83. The monoisotopic (exact) mass is 299 g/mol. The lowest BCUT2D eigenvalue weighted by atomic mass is 10.0. The Morgan fingerprint density at radius 2 is 2.00 bits per heavy atom. The summed E-state index contributed by atoms with van der Waals surface area (Å²) in [5, 5.41) is 10.6. The molecule has 5 nitrogen and oxygen atoms in total. The molecular formula is C12H17N3O2S2. The summed E-state index contributed by atoms with van der Waals surface area (Å²) in [6.07, 6.45) is 3.10. The van der Waals surface area contributed by atoms with E-state index >= 15 is 0 Å². The van der Waals surface area contributed by atoms with Crippen molar-refractivity contribution in [2.75, 3.05) is 0 Å². The zero-order chi connectivity index (χ0) is 14.0. The van der Waals surface area contributed by atoms with E-state index in [0.29, 0.717) is 4.88 Å². The van der Waals surface area contributed by atoms with Gasteiger partial charge in [0.2, 0.25) is 0 Å². The van der Waals surface area contributed by atoms with Crippen LogP contribution in [0.25, 0.3) is 0 Å². The first kappa shape index (κ1) is 14.5. The number of rotatable bonds is 3. The molecule has 1 aliphatic rings. The Hall–Kier alpha value is -0.940. The van der Waals surface area contributed by atoms with Crippen molar-refractivity contribution in [3.63, 3.8) is 0 Å². The predicted molar refractivity (Wildman–Crippen MR) is 74.0 cm³/mol. The Morgan fingerprint density at radius 3 is 2.53 bits per heavy atom. The molecule has 0 amide bonds. The van der Waals surface area contributed by atoms with E-state index in [9.17, 15) is 8.42 Å². The van der Waals surface area contributed by atoms with Crippen molar-refractivity contribution in [2.45, 2.75) is 49.4 Å². The highest BCUT2D eigenvalue weighted by Crippen LogP contribution is 2.24. The standard InChI is InChI=1S/C12H17N3O2S2/c1-9-4-3-5-10(2)15(9)14-19(16,17)12-7-6-11(8-13)18-12/h6-7,9-10,14H,3-5H2,1-2H3. The summed E-state index contributed by atoms with van der Waals surface area (Å²) >= 11 is 0.993. The summed E-state index contributed by atoms with van der Waals surface area (Å²) in [5.74, 6) is 0. The molecule has 1 N–H and O–H groups in total. The number of hydrogen-bond acceptors (Lipinski definition) is 5. The van der Waals surface area contributed by atoms with Crippen LogP contribution in [0.1, 0.15) is 38.0 Å². The number of sulfonamides is 1. The first-order valence-corrected chi connectivity index (χ1v) is 8.54. The van der Waals surface area contributed by atoms with Gasteiger partial charge in [-0.2, -0.15) is 5.26 Å². The number of nitrogens with zero attached hydrogens (tertiary/aromatic N) is 2. The fourth-order valence-corrected chi connectivity index (χ4v) is 4.64. The third-order valence-corrected chi connectivity index (χ3v) is 6.19. The summed E-state index contributed by atoms with van der Waals surface area (Å²) in [6, 6.07) is 5.34. The Morgan fingerprint density at radius 1 is 1.37 bits per heavy atom. The Balaban J connectivity index is 2.19. The average Bonchev–Trinajstić information content (AvgIpc) is 2.83. The van der Waals surface area contributed by atoms with Crippen LogP contribution in [-0.4, -0.2) is 25.5 Å². The van der Waals surface area contributed by atoms with Gasteiger partial charge in [0.15, 0.2) is 0 Å². The van der Waals surface area contributed by atoms with Crippen molar-refractivity contribution in [2.24, 2.45) is 0 Å². The van der Waals surface area contributed by atoms with Crippen molar-refractivity contribution in [1.29, 1.82) is 5.26 Å². The van der Waals surface area contributed by atoms with Gasteiger partial charge in [0.05, 0.1) is 0 Å². The quantitative estimate of drug-likeness (QED) is 0.927. The number of thiophene rings is 1. The van der Waals surface area contributed by atoms with E-state index in [1.807, 2.05) is 24.9 Å². The van der Waals surface area contributed by atoms with Gasteiger partial charge in [0, 0.05) is 12.1 Å². The van der Waals surface area contributed by atoms with Crippen molar-refractivity contribution in [1.82, 2.24) is 9.84 Å². The van der Waals surface area contributed by atoms with Gasteiger partial charge in [-0.15, -0.1) is 16.2 Å². The van der Waals surface area contributed by atoms with E-state index in [4.69, 9.17) is 5.26 Å². The highest BCUT2D eigenvalue weighted by molar-refractivity contribution is 7.91. The van der Waals surface area contributed by atoms with Gasteiger partial charge in [0.1, 0.15) is 15.2 Å². The summed E-state index contributed by atoms with van der Waals surface area (Å²) < 4.78 is 24.7. The smallest absolute Gasteiger partial charge is 0.225 e. The zero-order valence-electron chi connectivity index (χ0n) is 11.0. The number of nitrogens with one attached hydrogen (secondary N) is 1. The molecule has 1 saturated heterocycles. The van der Waals surface area contributed by atoms with Crippen LogP contribution in [0.15, 0.2) is 16.3 Å². The van der Waals surface area contributed by atoms with Crippen LogP contribution in [0, 0.1) is 11.3 Å². The van der Waals surface area contributed by atoms with Gasteiger partial charge in [-0.25, -0.2) is 13.4 Å². The third kappa shape index (κ3) is 3.15. The van der Waals surface area contributed by atoms with Gasteiger partial charge >= 0.3 is 0 Å². The molecular weight excluding hydrogens is 282 g/mol. The molecule has 0 aliphatic carbocycles. The minimum Gasteiger partial charge on any atom is -0.225 e. The Labute approximate surface area is 117 Å². The molecule has 1 aromatic heterocycles. The minimum absolute atomic E-state index is 0.189. The van der Waals surface area contributed by atoms with Gasteiger partial charge < -0.3 is 0 Å². The summed E-state index contributed by atoms with van der Waals surface area (Å²) in [5.41, 5.74) is 0. The van der Waals surface area contributed by atoms with Gasteiger partial charge in [-0.3, -0.25) is 0 Å². The number of hydrogen-bond donors (Lipinski definition) is 1. The maximum atomic E-state index is 12.3. The van der Waals surface area contributed by atoms with Crippen molar-refractivity contribution in [3.05, 3.63) is 17.0 Å². The molecule has 2 unspecified atom stereocenters. The fraction of sp³-hybridized carbons (Fsp3) is 0.583. The lowest BCUT2D eigenvalue weighted by molar-refractivity contribution is 0.0791. The van der Waals surface area contributed by atoms with Crippen molar-refractivity contribution >= 4 is 21.4 Å². The van der Waals surface area contributed by atoms with E-state index in [1.54, 1.807) is 0 Å². The number of nitriles is 1. The van der Waals surface area contributed by atoms with Crippen LogP contribution >= 0.6 is 11.3 Å². The van der Waals surface area contributed by atoms with E-state index in [1.165, 1.54) is 12.1 Å². The molecule has 0 spiro atoms. The Kier molecular flexibility index (Phi) is 4.26. The fourth-order valence-electron chi connectivity index (χ4n) is 2.31. The zero-order valence-corrected chi connectivity index (χ0v) is 12.6. The van der Waals surface area contributed by atoms with Gasteiger partial charge in [-0.1, -0.05) is 6.42 Å². The molecule has 1 fully saturated rings. The van der Waals surface area contributed by atoms with Crippen LogP contribution in [0.2, 0.25) is 0 Å². The maximum Gasteiger partial charge on any atom is 0.262 e. The van der Waals surface area contributed by atoms with Gasteiger partial charge in [-0.05, 0) is 38.8 Å².